The van der Waals surface area contributed by atoms with Gasteiger partial charge in [-0.15, -0.1) is 0 Å². The second-order valence-corrected chi connectivity index (χ2v) is 8.53. The Bertz CT molecular complexity index is 1980. The second kappa shape index (κ2) is 7.51. The van der Waals surface area contributed by atoms with Crippen molar-refractivity contribution in [1.82, 2.24) is 9.97 Å². The minimum atomic E-state index is 0.626. The van der Waals surface area contributed by atoms with Crippen molar-refractivity contribution in [2.75, 3.05) is 0 Å². The molecule has 0 saturated heterocycles. The van der Waals surface area contributed by atoms with Crippen molar-refractivity contribution in [2.24, 2.45) is 0 Å². The molecule has 7 rings (SSSR count). The number of hydrogen-bond donors (Lipinski definition) is 0. The van der Waals surface area contributed by atoms with Crippen LogP contribution in [-0.4, -0.2) is 9.97 Å². The molecule has 4 nitrogen and oxygen atoms in total. The molecule has 4 heteroatoms. The van der Waals surface area contributed by atoms with E-state index >= 15 is 0 Å². The van der Waals surface area contributed by atoms with Gasteiger partial charge in [-0.05, 0) is 47.5 Å². The fraction of sp³-hybridized carbons (Fsp3) is 0. The average molecular weight is 447 g/mol. The summed E-state index contributed by atoms with van der Waals surface area (Å²) < 4.78 is 6.20. The van der Waals surface area contributed by atoms with Crippen LogP contribution in [0.4, 0.5) is 5.69 Å². The SMILES string of the molecule is [C-]#[N+]c1ccccc1-c1cccc2oc3ccc(-c4ccc5ccc6cccnc6c5n4)cc3c12. The first kappa shape index (κ1) is 19.5. The van der Waals surface area contributed by atoms with Crippen LogP contribution in [0.3, 0.4) is 0 Å². The van der Waals surface area contributed by atoms with E-state index in [0.29, 0.717) is 5.69 Å². The Labute approximate surface area is 200 Å². The number of para-hydroxylation sites is 1. The number of furan rings is 1. The molecule has 0 aliphatic rings. The van der Waals surface area contributed by atoms with Crippen LogP contribution in [-0.2, 0) is 0 Å². The summed E-state index contributed by atoms with van der Waals surface area (Å²) in [7, 11) is 0. The molecule has 0 radical (unpaired) electrons. The van der Waals surface area contributed by atoms with Crippen LogP contribution in [0.25, 0.3) is 71.0 Å². The third kappa shape index (κ3) is 2.99. The van der Waals surface area contributed by atoms with Crippen molar-refractivity contribution in [2.45, 2.75) is 0 Å². The minimum absolute atomic E-state index is 0.626. The lowest BCUT2D eigenvalue weighted by molar-refractivity contribution is 0.669. The van der Waals surface area contributed by atoms with Gasteiger partial charge in [-0.3, -0.25) is 4.98 Å². The Balaban J connectivity index is 1.48. The molecule has 3 heterocycles. The zero-order valence-corrected chi connectivity index (χ0v) is 18.6. The number of pyridine rings is 2. The molecule has 0 spiro atoms. The van der Waals surface area contributed by atoms with Crippen LogP contribution in [0.5, 0.6) is 0 Å². The van der Waals surface area contributed by atoms with Crippen molar-refractivity contribution in [3.63, 3.8) is 0 Å². The van der Waals surface area contributed by atoms with E-state index in [1.165, 1.54) is 0 Å². The first-order valence-corrected chi connectivity index (χ1v) is 11.4. The molecule has 0 bridgehead atoms. The zero-order valence-electron chi connectivity index (χ0n) is 18.6. The smallest absolute Gasteiger partial charge is 0.194 e. The maximum Gasteiger partial charge on any atom is 0.194 e. The molecule has 0 saturated carbocycles. The number of nitrogens with zero attached hydrogens (tertiary/aromatic N) is 3. The van der Waals surface area contributed by atoms with Crippen LogP contribution in [0, 0.1) is 6.57 Å². The molecule has 0 fully saturated rings. The van der Waals surface area contributed by atoms with E-state index in [9.17, 15) is 0 Å². The van der Waals surface area contributed by atoms with Gasteiger partial charge in [0.1, 0.15) is 11.2 Å². The fourth-order valence-corrected chi connectivity index (χ4v) is 4.89. The Morgan fingerprint density at radius 3 is 2.43 bits per heavy atom. The number of benzene rings is 4. The second-order valence-electron chi connectivity index (χ2n) is 8.53. The van der Waals surface area contributed by atoms with E-state index in [0.717, 1.165) is 66.1 Å². The van der Waals surface area contributed by atoms with Gasteiger partial charge in [0.2, 0.25) is 0 Å². The Morgan fingerprint density at radius 1 is 0.686 bits per heavy atom. The molecule has 3 aromatic heterocycles. The molecule has 162 valence electrons. The molecule has 4 aromatic carbocycles. The predicted octanol–water partition coefficient (Wildman–Crippen LogP) is 8.57. The van der Waals surface area contributed by atoms with E-state index in [1.54, 1.807) is 0 Å². The summed E-state index contributed by atoms with van der Waals surface area (Å²) in [4.78, 5) is 13.3. The highest BCUT2D eigenvalue weighted by molar-refractivity contribution is 6.14. The van der Waals surface area contributed by atoms with Gasteiger partial charge in [0.05, 0.1) is 23.3 Å². The van der Waals surface area contributed by atoms with Gasteiger partial charge in [0, 0.05) is 33.3 Å². The van der Waals surface area contributed by atoms with Gasteiger partial charge in [-0.2, -0.15) is 0 Å². The summed E-state index contributed by atoms with van der Waals surface area (Å²) >= 11 is 0. The lowest BCUT2D eigenvalue weighted by atomic mass is 9.97. The molecule has 0 aliphatic heterocycles. The number of aromatic nitrogens is 2. The Hall–Kier alpha value is -5.01. The summed E-state index contributed by atoms with van der Waals surface area (Å²) in [5.74, 6) is 0. The average Bonchev–Trinajstić information content (AvgIpc) is 3.31. The van der Waals surface area contributed by atoms with Gasteiger partial charge >= 0.3 is 0 Å². The molecule has 0 atom stereocenters. The highest BCUT2D eigenvalue weighted by atomic mass is 16.3. The summed E-state index contributed by atoms with van der Waals surface area (Å²) in [6.07, 6.45) is 1.81. The summed E-state index contributed by atoms with van der Waals surface area (Å²) in [6, 6.07) is 32.2. The predicted molar refractivity (Wildman–Crippen MR) is 141 cm³/mol. The Morgan fingerprint density at radius 2 is 1.51 bits per heavy atom. The monoisotopic (exact) mass is 447 g/mol. The van der Waals surface area contributed by atoms with Gasteiger partial charge < -0.3 is 4.42 Å². The van der Waals surface area contributed by atoms with Crippen LogP contribution < -0.4 is 0 Å². The van der Waals surface area contributed by atoms with Crippen molar-refractivity contribution in [3.8, 4) is 22.4 Å². The van der Waals surface area contributed by atoms with E-state index in [-0.39, 0.29) is 0 Å². The molecular formula is C31H17N3O. The maximum atomic E-state index is 7.63. The van der Waals surface area contributed by atoms with E-state index in [1.807, 2.05) is 60.8 Å². The van der Waals surface area contributed by atoms with Crippen LogP contribution >= 0.6 is 0 Å². The van der Waals surface area contributed by atoms with E-state index < -0.39 is 0 Å². The fourth-order valence-electron chi connectivity index (χ4n) is 4.89. The number of fused-ring (bicyclic) bond motifs is 6. The lowest BCUT2D eigenvalue weighted by Crippen LogP contribution is -1.88. The van der Waals surface area contributed by atoms with Crippen molar-refractivity contribution >= 4 is 49.4 Å². The molecule has 0 N–H and O–H groups in total. The third-order valence-electron chi connectivity index (χ3n) is 6.54. The van der Waals surface area contributed by atoms with Crippen molar-refractivity contribution in [3.05, 3.63) is 115 Å². The zero-order chi connectivity index (χ0) is 23.4. The van der Waals surface area contributed by atoms with Gasteiger partial charge in [0.15, 0.2) is 5.69 Å². The highest BCUT2D eigenvalue weighted by Crippen LogP contribution is 2.41. The van der Waals surface area contributed by atoms with Crippen molar-refractivity contribution < 1.29 is 4.42 Å². The molecule has 0 amide bonds. The third-order valence-corrected chi connectivity index (χ3v) is 6.54. The topological polar surface area (TPSA) is 43.3 Å². The van der Waals surface area contributed by atoms with Gasteiger partial charge in [-0.25, -0.2) is 9.83 Å². The quantitative estimate of drug-likeness (QED) is 0.197. The van der Waals surface area contributed by atoms with Crippen LogP contribution in [0.2, 0.25) is 0 Å². The molecular weight excluding hydrogens is 430 g/mol. The molecule has 0 aliphatic carbocycles. The molecule has 0 unspecified atom stereocenters. The van der Waals surface area contributed by atoms with Gasteiger partial charge in [-0.1, -0.05) is 60.7 Å². The lowest BCUT2D eigenvalue weighted by Gasteiger charge is -2.07. The minimum Gasteiger partial charge on any atom is -0.456 e. The summed E-state index contributed by atoms with van der Waals surface area (Å²) in [5, 5.41) is 4.15. The van der Waals surface area contributed by atoms with E-state index in [4.69, 9.17) is 16.0 Å². The standard InChI is InChI=1S/C31H17N3O/c1-32-26-9-3-2-7-22(26)23-8-4-10-28-29(23)24-18-21(14-16-27(24)35-28)25-15-13-20-12-11-19-6-5-17-33-30(19)31(20)34-25/h2-18H. The Kier molecular flexibility index (Phi) is 4.18. The largest absolute Gasteiger partial charge is 0.456 e. The van der Waals surface area contributed by atoms with Gasteiger partial charge in [0.25, 0.3) is 0 Å². The number of rotatable bonds is 2. The maximum absolute atomic E-state index is 7.63. The van der Waals surface area contributed by atoms with E-state index in [2.05, 4.69) is 52.3 Å². The first-order chi connectivity index (χ1) is 17.3. The number of hydrogen-bond acceptors (Lipinski definition) is 3. The first-order valence-electron chi connectivity index (χ1n) is 11.4. The normalized spacial score (nSPS) is 11.4. The summed E-state index contributed by atoms with van der Waals surface area (Å²) in [5.41, 5.74) is 7.81. The van der Waals surface area contributed by atoms with Crippen LogP contribution in [0.15, 0.2) is 108 Å². The summed E-state index contributed by atoms with van der Waals surface area (Å²) in [6.45, 7) is 7.63. The van der Waals surface area contributed by atoms with Crippen LogP contribution in [0.1, 0.15) is 0 Å². The molecule has 7 aromatic rings. The van der Waals surface area contributed by atoms with Crippen molar-refractivity contribution in [1.29, 1.82) is 0 Å². The molecule has 35 heavy (non-hydrogen) atoms. The highest BCUT2D eigenvalue weighted by Gasteiger charge is 2.16.